The number of ether oxygens (including phenoxy) is 2. The molecule has 4 aliphatic rings. The molecule has 7 rings (SSSR count). The number of carbonyl (C=O) groups is 1. The smallest absolute Gasteiger partial charge is 0.274 e. The van der Waals surface area contributed by atoms with Gasteiger partial charge in [0.2, 0.25) is 0 Å². The zero-order chi connectivity index (χ0) is 24.5. The highest BCUT2D eigenvalue weighted by Crippen LogP contribution is 2.58. The summed E-state index contributed by atoms with van der Waals surface area (Å²) in [5.74, 6) is -0.639. The fourth-order valence-electron chi connectivity index (χ4n) is 5.38. The Kier molecular flexibility index (Phi) is 4.83. The molecule has 2 aliphatic carbocycles. The van der Waals surface area contributed by atoms with Gasteiger partial charge in [0.15, 0.2) is 6.10 Å². The summed E-state index contributed by atoms with van der Waals surface area (Å²) in [6, 6.07) is 4.88. The molecule has 2 saturated heterocycles. The Morgan fingerprint density at radius 1 is 1.31 bits per heavy atom. The number of pyridine rings is 2. The lowest BCUT2D eigenvalue weighted by Gasteiger charge is -2.41. The van der Waals surface area contributed by atoms with Crippen molar-refractivity contribution >= 4 is 17.2 Å². The van der Waals surface area contributed by atoms with Crippen molar-refractivity contribution in [2.45, 2.75) is 69.1 Å². The van der Waals surface area contributed by atoms with Gasteiger partial charge in [-0.05, 0) is 51.7 Å². The summed E-state index contributed by atoms with van der Waals surface area (Å²) in [5.41, 5.74) is 0.898. The number of aromatic nitrogens is 3. The molecule has 2 saturated carbocycles. The minimum absolute atomic E-state index is 0.0166. The van der Waals surface area contributed by atoms with E-state index in [0.29, 0.717) is 12.3 Å². The van der Waals surface area contributed by atoms with E-state index in [1.807, 2.05) is 6.20 Å². The van der Waals surface area contributed by atoms with Gasteiger partial charge in [0.25, 0.3) is 17.9 Å². The first-order chi connectivity index (χ1) is 16.7. The summed E-state index contributed by atoms with van der Waals surface area (Å²) < 4.78 is 41.2. The summed E-state index contributed by atoms with van der Waals surface area (Å²) in [5, 5.41) is 2.65. The highest BCUT2D eigenvalue weighted by molar-refractivity contribution is 6.06. The molecule has 4 fully saturated rings. The fraction of sp³-hybridized carbons (Fsp3) is 0.480. The van der Waals surface area contributed by atoms with Crippen molar-refractivity contribution in [2.75, 3.05) is 11.9 Å². The average molecular weight is 485 g/mol. The predicted molar refractivity (Wildman–Crippen MR) is 123 cm³/mol. The molecular weight excluding hydrogens is 458 g/mol. The molecule has 0 aromatic carbocycles. The number of imidazole rings is 1. The fourth-order valence-corrected chi connectivity index (χ4v) is 5.38. The second-order valence-electron chi connectivity index (χ2n) is 10.3. The maximum absolute atomic E-state index is 13.3. The number of hydrogen-bond donors (Lipinski definition) is 1. The number of amides is 1. The van der Waals surface area contributed by atoms with Gasteiger partial charge in [-0.15, -0.1) is 0 Å². The first-order valence-corrected chi connectivity index (χ1v) is 11.8. The largest absolute Gasteiger partial charge is 0.484 e. The van der Waals surface area contributed by atoms with Crippen molar-refractivity contribution < 1.29 is 23.0 Å². The molecule has 1 unspecified atom stereocenters. The molecule has 1 atom stereocenters. The first kappa shape index (κ1) is 22.2. The van der Waals surface area contributed by atoms with E-state index in [1.54, 1.807) is 21.2 Å². The highest BCUT2D eigenvalue weighted by atomic mass is 19.3. The second kappa shape index (κ2) is 7.61. The van der Waals surface area contributed by atoms with Crippen LogP contribution >= 0.6 is 0 Å². The Morgan fingerprint density at radius 3 is 2.74 bits per heavy atom. The third-order valence-corrected chi connectivity index (χ3v) is 7.29. The molecule has 2 bridgehead atoms. The Balaban J connectivity index is 1.37. The van der Waals surface area contributed by atoms with E-state index < -0.39 is 18.4 Å². The Bertz CT molecular complexity index is 1390. The van der Waals surface area contributed by atoms with Crippen LogP contribution in [0, 0.1) is 0 Å². The van der Waals surface area contributed by atoms with Crippen LogP contribution < -0.4 is 15.6 Å². The van der Waals surface area contributed by atoms with Crippen LogP contribution in [-0.4, -0.2) is 44.6 Å². The molecule has 0 spiro atoms. The van der Waals surface area contributed by atoms with Gasteiger partial charge in [-0.1, -0.05) is 0 Å². The molecule has 3 aromatic heterocycles. The van der Waals surface area contributed by atoms with E-state index in [-0.39, 0.29) is 39.6 Å². The molecule has 2 aliphatic heterocycles. The van der Waals surface area contributed by atoms with Crippen LogP contribution in [0.25, 0.3) is 5.65 Å². The minimum atomic E-state index is -2.74. The summed E-state index contributed by atoms with van der Waals surface area (Å²) in [6.07, 6.45) is 4.47. The van der Waals surface area contributed by atoms with Gasteiger partial charge in [0, 0.05) is 36.1 Å². The van der Waals surface area contributed by atoms with Crippen LogP contribution in [0.4, 0.5) is 14.5 Å². The number of alkyl halides is 2. The predicted octanol–water partition coefficient (Wildman–Crippen LogP) is 3.94. The topological polar surface area (TPSA) is 86.9 Å². The lowest BCUT2D eigenvalue weighted by atomic mass is 9.62. The molecule has 5 heterocycles. The summed E-state index contributed by atoms with van der Waals surface area (Å²) in [7, 11) is 0. The van der Waals surface area contributed by atoms with Gasteiger partial charge in [-0.3, -0.25) is 9.59 Å². The van der Waals surface area contributed by atoms with Crippen LogP contribution in [-0.2, 0) is 10.2 Å². The lowest BCUT2D eigenvalue weighted by molar-refractivity contribution is 0.0154. The zero-order valence-electron chi connectivity index (χ0n) is 19.5. The number of hydrogen-bond acceptors (Lipinski definition) is 5. The second-order valence-corrected chi connectivity index (χ2v) is 10.3. The van der Waals surface area contributed by atoms with Crippen LogP contribution in [0.5, 0.6) is 5.75 Å². The van der Waals surface area contributed by atoms with Gasteiger partial charge in [0.1, 0.15) is 17.1 Å². The number of carbonyl (C=O) groups excluding carboxylic acids is 1. The van der Waals surface area contributed by atoms with Gasteiger partial charge in [-0.25, -0.2) is 13.8 Å². The third-order valence-electron chi connectivity index (χ3n) is 7.29. The van der Waals surface area contributed by atoms with Crippen LogP contribution in [0.15, 0.2) is 41.6 Å². The number of fused-ring (bicyclic) bond motifs is 2. The number of anilines is 1. The standard InChI is InChI=1S/C25H26F2N4O4/c1-14(21(26)27)35-18-8-20-29-19(25-11-24(2,12-25)34-13-25)10-30(20)9-16(18)22(32)28-17-4-3-7-31(23(17)33)15-5-6-15/h3-4,7-10,14-15,21H,5-6,11-13H2,1-2H3,(H,28,32). The van der Waals surface area contributed by atoms with Gasteiger partial charge in [0.05, 0.1) is 23.5 Å². The van der Waals surface area contributed by atoms with Crippen molar-refractivity contribution in [2.24, 2.45) is 0 Å². The molecule has 184 valence electrons. The SMILES string of the molecule is CC(Oc1cc2nc(C34COC(C)(C3)C4)cn2cc1C(=O)Nc1cccn(C2CC2)c1=O)C(F)F. The van der Waals surface area contributed by atoms with Crippen molar-refractivity contribution in [3.05, 3.63) is 58.4 Å². The van der Waals surface area contributed by atoms with Crippen LogP contribution in [0.2, 0.25) is 0 Å². The van der Waals surface area contributed by atoms with E-state index >= 15 is 0 Å². The maximum Gasteiger partial charge on any atom is 0.274 e. The number of nitrogens with one attached hydrogen (secondary N) is 1. The Hall–Kier alpha value is -3.27. The number of rotatable bonds is 7. The van der Waals surface area contributed by atoms with E-state index in [2.05, 4.69) is 12.2 Å². The van der Waals surface area contributed by atoms with Crippen molar-refractivity contribution in [1.29, 1.82) is 0 Å². The highest BCUT2D eigenvalue weighted by Gasteiger charge is 2.61. The minimum Gasteiger partial charge on any atom is -0.484 e. The average Bonchev–Trinajstić information content (AvgIpc) is 3.33. The zero-order valence-corrected chi connectivity index (χ0v) is 19.5. The molecular formula is C25H26F2N4O4. The quantitative estimate of drug-likeness (QED) is 0.549. The number of halogens is 2. The first-order valence-electron chi connectivity index (χ1n) is 11.8. The third kappa shape index (κ3) is 3.71. The Labute approximate surface area is 199 Å². The summed E-state index contributed by atoms with van der Waals surface area (Å²) in [4.78, 5) is 30.8. The van der Waals surface area contributed by atoms with Crippen LogP contribution in [0.3, 0.4) is 0 Å². The lowest BCUT2D eigenvalue weighted by Crippen LogP contribution is -2.45. The molecule has 3 aromatic rings. The molecule has 1 amide bonds. The summed E-state index contributed by atoms with van der Waals surface area (Å²) >= 11 is 0. The number of nitrogens with zero attached hydrogens (tertiary/aromatic N) is 3. The van der Waals surface area contributed by atoms with Gasteiger partial charge < -0.3 is 23.8 Å². The molecule has 35 heavy (non-hydrogen) atoms. The normalized spacial score (nSPS) is 26.1. The van der Waals surface area contributed by atoms with Gasteiger partial charge in [-0.2, -0.15) is 0 Å². The van der Waals surface area contributed by atoms with Crippen molar-refractivity contribution in [3.8, 4) is 5.75 Å². The molecule has 10 heteroatoms. The summed E-state index contributed by atoms with van der Waals surface area (Å²) in [6.45, 7) is 3.89. The Morgan fingerprint density at radius 2 is 2.09 bits per heavy atom. The maximum atomic E-state index is 13.3. The molecule has 0 radical (unpaired) electrons. The van der Waals surface area contributed by atoms with Crippen LogP contribution in [0.1, 0.15) is 61.6 Å². The van der Waals surface area contributed by atoms with Gasteiger partial charge >= 0.3 is 0 Å². The van der Waals surface area contributed by atoms with Crippen molar-refractivity contribution in [3.63, 3.8) is 0 Å². The molecule has 8 nitrogen and oxygen atoms in total. The monoisotopic (exact) mass is 484 g/mol. The van der Waals surface area contributed by atoms with E-state index in [9.17, 15) is 18.4 Å². The van der Waals surface area contributed by atoms with Crippen molar-refractivity contribution in [1.82, 2.24) is 14.0 Å². The van der Waals surface area contributed by atoms with E-state index in [4.69, 9.17) is 14.5 Å². The van der Waals surface area contributed by atoms with E-state index in [0.717, 1.165) is 31.4 Å². The molecule has 1 N–H and O–H groups in total. The van der Waals surface area contributed by atoms with E-state index in [1.165, 1.54) is 25.3 Å².